The summed E-state index contributed by atoms with van der Waals surface area (Å²) < 4.78 is 0. The number of amides is 2. The van der Waals surface area contributed by atoms with Crippen LogP contribution in [0.15, 0.2) is 42.5 Å². The number of hydrogen-bond donors (Lipinski definition) is 5. The summed E-state index contributed by atoms with van der Waals surface area (Å²) in [5.41, 5.74) is 4.10. The van der Waals surface area contributed by atoms with Crippen LogP contribution in [0.1, 0.15) is 46.5 Å². The molecule has 2 aliphatic rings. The van der Waals surface area contributed by atoms with Gasteiger partial charge >= 0.3 is 0 Å². The molecule has 3 heterocycles. The van der Waals surface area contributed by atoms with Crippen LogP contribution in [0.5, 0.6) is 0 Å². The molecule has 0 bridgehead atoms. The van der Waals surface area contributed by atoms with E-state index in [1.54, 1.807) is 6.07 Å². The highest BCUT2D eigenvalue weighted by Crippen LogP contribution is 2.24. The highest BCUT2D eigenvalue weighted by molar-refractivity contribution is 5.93. The number of carbonyl (C=O) groups excluding carboxylic acids is 2. The third kappa shape index (κ3) is 7.90. The van der Waals surface area contributed by atoms with Gasteiger partial charge in [0, 0.05) is 22.9 Å². The van der Waals surface area contributed by atoms with Crippen molar-refractivity contribution in [3.63, 3.8) is 0 Å². The molecule has 2 fully saturated rings. The van der Waals surface area contributed by atoms with Gasteiger partial charge in [-0.3, -0.25) is 9.59 Å². The number of nitrogens with one attached hydrogen (secondary N) is 5. The number of hydrogen-bond acceptors (Lipinski definition) is 5. The first-order valence-corrected chi connectivity index (χ1v) is 13.1. The molecule has 36 heavy (non-hydrogen) atoms. The van der Waals surface area contributed by atoms with Gasteiger partial charge in [0.2, 0.25) is 12.3 Å². The number of aromatic amines is 1. The van der Waals surface area contributed by atoms with Crippen LogP contribution in [0.4, 0.5) is 11.4 Å². The normalized spacial score (nSPS) is 16.2. The van der Waals surface area contributed by atoms with E-state index in [1.165, 1.54) is 25.9 Å². The predicted octanol–water partition coefficient (Wildman–Crippen LogP) is 4.77. The zero-order chi connectivity index (χ0) is 25.8. The number of anilines is 2. The summed E-state index contributed by atoms with van der Waals surface area (Å²) in [7, 11) is 0. The molecule has 2 amide bonds. The number of nitrogens with zero attached hydrogens (tertiary/aromatic N) is 1. The van der Waals surface area contributed by atoms with Gasteiger partial charge in [-0.15, -0.1) is 0 Å². The van der Waals surface area contributed by atoms with Crippen LogP contribution in [0, 0.1) is 11.8 Å². The fourth-order valence-corrected chi connectivity index (χ4v) is 4.31. The minimum atomic E-state index is 0.0791. The number of carbonyl (C=O) groups is 2. The lowest BCUT2D eigenvalue weighted by molar-refractivity contribution is -0.120. The molecule has 0 radical (unpaired) electrons. The van der Waals surface area contributed by atoms with Crippen LogP contribution in [0.3, 0.4) is 0 Å². The van der Waals surface area contributed by atoms with E-state index in [9.17, 15) is 9.59 Å². The van der Waals surface area contributed by atoms with Gasteiger partial charge in [0.05, 0.1) is 11.0 Å². The first-order valence-electron chi connectivity index (χ1n) is 13.1. The maximum atomic E-state index is 12.3. The predicted molar refractivity (Wildman–Crippen MR) is 148 cm³/mol. The molecule has 3 aromatic rings. The molecule has 0 unspecified atom stereocenters. The molecule has 2 aromatic carbocycles. The zero-order valence-electron chi connectivity index (χ0n) is 21.7. The van der Waals surface area contributed by atoms with Crippen LogP contribution < -0.4 is 21.3 Å². The minimum absolute atomic E-state index is 0.0791. The topological polar surface area (TPSA) is 111 Å². The first-order chi connectivity index (χ1) is 17.6. The van der Waals surface area contributed by atoms with Gasteiger partial charge in [-0.25, -0.2) is 4.98 Å². The lowest BCUT2D eigenvalue weighted by atomic mass is 9.97. The molecule has 0 saturated carbocycles. The van der Waals surface area contributed by atoms with E-state index >= 15 is 0 Å². The number of fused-ring (bicyclic) bond motifs is 1. The average Bonchev–Trinajstić information content (AvgIpc) is 3.35. The van der Waals surface area contributed by atoms with E-state index in [1.807, 2.05) is 50.2 Å². The Hall–Kier alpha value is -3.23. The van der Waals surface area contributed by atoms with Crippen LogP contribution in [-0.4, -0.2) is 48.5 Å². The molecule has 0 aliphatic carbocycles. The Morgan fingerprint density at radius 3 is 2.11 bits per heavy atom. The van der Waals surface area contributed by atoms with E-state index in [-0.39, 0.29) is 11.8 Å². The van der Waals surface area contributed by atoms with Gasteiger partial charge in [0.25, 0.3) is 0 Å². The van der Waals surface area contributed by atoms with Gasteiger partial charge in [-0.2, -0.15) is 0 Å². The SMILES string of the molecule is CC.CC1CCNCC1.O=CNc1ccc2nc(-c3ccc(NC(=O)C4CCNCC4)cc3)[nH]c2c1. The Labute approximate surface area is 214 Å². The number of H-pyrrole nitrogens is 1. The van der Waals surface area contributed by atoms with Gasteiger partial charge in [0.15, 0.2) is 0 Å². The van der Waals surface area contributed by atoms with Crippen molar-refractivity contribution in [1.29, 1.82) is 0 Å². The third-order valence-electron chi connectivity index (χ3n) is 6.47. The lowest BCUT2D eigenvalue weighted by Gasteiger charge is -2.21. The smallest absolute Gasteiger partial charge is 0.227 e. The second-order valence-corrected chi connectivity index (χ2v) is 9.10. The third-order valence-corrected chi connectivity index (χ3v) is 6.47. The van der Waals surface area contributed by atoms with Crippen LogP contribution in [-0.2, 0) is 9.59 Å². The summed E-state index contributed by atoms with van der Waals surface area (Å²) in [5.74, 6) is 1.88. The monoisotopic (exact) mass is 492 g/mol. The summed E-state index contributed by atoms with van der Waals surface area (Å²) in [6.07, 6.45) is 5.16. The lowest BCUT2D eigenvalue weighted by Crippen LogP contribution is -2.34. The van der Waals surface area contributed by atoms with Crippen molar-refractivity contribution in [3.05, 3.63) is 42.5 Å². The summed E-state index contributed by atoms with van der Waals surface area (Å²) in [6, 6.07) is 13.1. The molecule has 2 aliphatic heterocycles. The number of aromatic nitrogens is 2. The number of benzene rings is 2. The number of imidazole rings is 1. The first kappa shape index (κ1) is 27.4. The van der Waals surface area contributed by atoms with Gasteiger partial charge in [-0.1, -0.05) is 20.8 Å². The molecular formula is C28H40N6O2. The molecule has 0 atom stereocenters. The fraction of sp³-hybridized carbons (Fsp3) is 0.464. The van der Waals surface area contributed by atoms with Crippen LogP contribution >= 0.6 is 0 Å². The van der Waals surface area contributed by atoms with E-state index in [0.717, 1.165) is 60.0 Å². The largest absolute Gasteiger partial charge is 0.338 e. The fourth-order valence-electron chi connectivity index (χ4n) is 4.31. The van der Waals surface area contributed by atoms with Crippen molar-refractivity contribution in [2.24, 2.45) is 11.8 Å². The van der Waals surface area contributed by atoms with Crippen molar-refractivity contribution in [1.82, 2.24) is 20.6 Å². The second-order valence-electron chi connectivity index (χ2n) is 9.10. The average molecular weight is 493 g/mol. The maximum absolute atomic E-state index is 12.3. The van der Waals surface area contributed by atoms with Crippen molar-refractivity contribution in [2.45, 2.75) is 46.5 Å². The number of piperidine rings is 2. The molecule has 2 saturated heterocycles. The number of rotatable bonds is 5. The molecule has 1 aromatic heterocycles. The molecule has 8 nitrogen and oxygen atoms in total. The zero-order valence-corrected chi connectivity index (χ0v) is 21.7. The molecule has 194 valence electrons. The van der Waals surface area contributed by atoms with Crippen molar-refractivity contribution in [2.75, 3.05) is 36.8 Å². The highest BCUT2D eigenvalue weighted by Gasteiger charge is 2.20. The van der Waals surface area contributed by atoms with Gasteiger partial charge < -0.3 is 26.3 Å². The van der Waals surface area contributed by atoms with Crippen molar-refractivity contribution in [3.8, 4) is 11.4 Å². The Bertz CT molecular complexity index is 1080. The summed E-state index contributed by atoms with van der Waals surface area (Å²) in [4.78, 5) is 30.8. The van der Waals surface area contributed by atoms with Crippen LogP contribution in [0.2, 0.25) is 0 Å². The summed E-state index contributed by atoms with van der Waals surface area (Å²) in [6.45, 7) is 10.6. The Kier molecular flexibility index (Phi) is 10.9. The summed E-state index contributed by atoms with van der Waals surface area (Å²) in [5, 5.41) is 12.2. The summed E-state index contributed by atoms with van der Waals surface area (Å²) >= 11 is 0. The van der Waals surface area contributed by atoms with Crippen molar-refractivity contribution < 1.29 is 9.59 Å². The quantitative estimate of drug-likeness (QED) is 0.330. The molecule has 5 rings (SSSR count). The van der Waals surface area contributed by atoms with E-state index in [4.69, 9.17) is 0 Å². The van der Waals surface area contributed by atoms with E-state index < -0.39 is 0 Å². The van der Waals surface area contributed by atoms with Crippen LogP contribution in [0.25, 0.3) is 22.4 Å². The molecule has 8 heteroatoms. The van der Waals surface area contributed by atoms with E-state index in [2.05, 4.69) is 38.2 Å². The van der Waals surface area contributed by atoms with Crippen molar-refractivity contribution >= 4 is 34.7 Å². The Morgan fingerprint density at radius 2 is 1.53 bits per heavy atom. The van der Waals surface area contributed by atoms with Gasteiger partial charge in [0.1, 0.15) is 5.82 Å². The molecular weight excluding hydrogens is 452 g/mol. The van der Waals surface area contributed by atoms with Gasteiger partial charge in [-0.05, 0) is 100 Å². The maximum Gasteiger partial charge on any atom is 0.227 e. The Balaban J connectivity index is 0.000000342. The Morgan fingerprint density at radius 1 is 0.917 bits per heavy atom. The second kappa shape index (κ2) is 14.4. The molecule has 0 spiro atoms. The molecule has 5 N–H and O–H groups in total. The standard InChI is InChI=1S/C20H21N5O2.C6H13N.C2H6/c26-12-22-16-5-6-17-18(11-16)25-19(24-17)13-1-3-15(4-2-13)23-20(27)14-7-9-21-10-8-14;1-6-2-4-7-5-3-6;1-2/h1-6,11-12,14,21H,7-10H2,(H,22,26)(H,23,27)(H,24,25);6-7H,2-5H2,1H3;1-2H3. The van der Waals surface area contributed by atoms with E-state index in [0.29, 0.717) is 12.1 Å². The highest BCUT2D eigenvalue weighted by atomic mass is 16.2. The minimum Gasteiger partial charge on any atom is -0.338 e.